The molecule has 2 amide bonds. The lowest BCUT2D eigenvalue weighted by atomic mass is 10.0. The van der Waals surface area contributed by atoms with Gasteiger partial charge in [-0.25, -0.2) is 0 Å². The second kappa shape index (κ2) is 6.77. The first kappa shape index (κ1) is 17.9. The summed E-state index contributed by atoms with van der Waals surface area (Å²) in [5.74, 6) is -0.0548. The SMILES string of the molecule is CC(=O)N1CCO[C@H](c2c(C(=O)NC(C)(C)C)sc3ccccc23)C1. The van der Waals surface area contributed by atoms with Crippen LogP contribution in [0.2, 0.25) is 0 Å². The van der Waals surface area contributed by atoms with Crippen LogP contribution >= 0.6 is 11.3 Å². The van der Waals surface area contributed by atoms with Gasteiger partial charge in [0, 0.05) is 29.3 Å². The molecule has 6 heteroatoms. The number of hydrogen-bond acceptors (Lipinski definition) is 4. The van der Waals surface area contributed by atoms with Gasteiger partial charge in [0.15, 0.2) is 0 Å². The highest BCUT2D eigenvalue weighted by Gasteiger charge is 2.31. The molecule has 1 aliphatic rings. The van der Waals surface area contributed by atoms with Crippen molar-refractivity contribution in [2.45, 2.75) is 39.3 Å². The number of morpholine rings is 1. The number of nitrogens with zero attached hydrogens (tertiary/aromatic N) is 1. The van der Waals surface area contributed by atoms with Crippen LogP contribution < -0.4 is 5.32 Å². The molecule has 1 fully saturated rings. The van der Waals surface area contributed by atoms with Crippen molar-refractivity contribution in [2.75, 3.05) is 19.7 Å². The summed E-state index contributed by atoms with van der Waals surface area (Å²) in [7, 11) is 0. The zero-order valence-electron chi connectivity index (χ0n) is 15.1. The minimum Gasteiger partial charge on any atom is -0.370 e. The predicted molar refractivity (Wildman–Crippen MR) is 100.0 cm³/mol. The van der Waals surface area contributed by atoms with Crippen molar-refractivity contribution in [1.29, 1.82) is 0 Å². The molecule has 0 radical (unpaired) electrons. The number of ether oxygens (including phenoxy) is 1. The molecule has 25 heavy (non-hydrogen) atoms. The Labute approximate surface area is 152 Å². The number of benzene rings is 1. The van der Waals surface area contributed by atoms with E-state index in [1.54, 1.807) is 11.8 Å². The number of thiophene rings is 1. The molecule has 2 heterocycles. The number of carbonyl (C=O) groups excluding carboxylic acids is 2. The van der Waals surface area contributed by atoms with E-state index in [1.807, 2.05) is 45.0 Å². The van der Waals surface area contributed by atoms with Crippen LogP contribution in [-0.4, -0.2) is 41.9 Å². The molecule has 1 saturated heterocycles. The Morgan fingerprint density at radius 3 is 2.68 bits per heavy atom. The third kappa shape index (κ3) is 3.85. The minimum absolute atomic E-state index is 0.0357. The standard InChI is InChI=1S/C19H24N2O3S/c1-12(22)21-9-10-24-14(11-21)16-13-7-5-6-8-15(13)25-17(16)18(23)20-19(2,3)4/h5-8,14H,9-11H2,1-4H3,(H,20,23)/t14-/m0/s1. The molecule has 1 aromatic carbocycles. The Morgan fingerprint density at radius 1 is 1.28 bits per heavy atom. The van der Waals surface area contributed by atoms with Gasteiger partial charge in [-0.2, -0.15) is 0 Å². The highest BCUT2D eigenvalue weighted by atomic mass is 32.1. The second-order valence-electron chi connectivity index (χ2n) is 7.37. The molecular formula is C19H24N2O3S. The number of carbonyl (C=O) groups is 2. The lowest BCUT2D eigenvalue weighted by Gasteiger charge is -2.33. The fourth-order valence-electron chi connectivity index (χ4n) is 3.06. The number of fused-ring (bicyclic) bond motifs is 1. The quantitative estimate of drug-likeness (QED) is 0.893. The van der Waals surface area contributed by atoms with Gasteiger partial charge in [0.2, 0.25) is 5.91 Å². The number of amides is 2. The lowest BCUT2D eigenvalue weighted by molar-refractivity contribution is -0.136. The molecule has 0 unspecified atom stereocenters. The average molecular weight is 360 g/mol. The Kier molecular flexibility index (Phi) is 4.84. The van der Waals surface area contributed by atoms with Crippen LogP contribution in [-0.2, 0) is 9.53 Å². The van der Waals surface area contributed by atoms with Crippen molar-refractivity contribution in [3.8, 4) is 0 Å². The molecule has 134 valence electrons. The van der Waals surface area contributed by atoms with Crippen molar-refractivity contribution in [2.24, 2.45) is 0 Å². The van der Waals surface area contributed by atoms with Crippen molar-refractivity contribution < 1.29 is 14.3 Å². The summed E-state index contributed by atoms with van der Waals surface area (Å²) in [5, 5.41) is 4.07. The Morgan fingerprint density at radius 2 is 2.00 bits per heavy atom. The van der Waals surface area contributed by atoms with Gasteiger partial charge in [0.05, 0.1) is 18.0 Å². The molecule has 2 aromatic rings. The van der Waals surface area contributed by atoms with Crippen molar-refractivity contribution >= 4 is 33.2 Å². The van der Waals surface area contributed by atoms with Gasteiger partial charge in [-0.3, -0.25) is 9.59 Å². The van der Waals surface area contributed by atoms with Crippen LogP contribution in [0.1, 0.15) is 49.0 Å². The van der Waals surface area contributed by atoms with Gasteiger partial charge < -0.3 is 15.0 Å². The van der Waals surface area contributed by atoms with Gasteiger partial charge >= 0.3 is 0 Å². The third-order valence-corrected chi connectivity index (χ3v) is 5.35. The van der Waals surface area contributed by atoms with E-state index < -0.39 is 0 Å². The average Bonchev–Trinajstić information content (AvgIpc) is 2.93. The van der Waals surface area contributed by atoms with Gasteiger partial charge in [0.1, 0.15) is 6.10 Å². The third-order valence-electron chi connectivity index (χ3n) is 4.16. The summed E-state index contributed by atoms with van der Waals surface area (Å²) >= 11 is 1.48. The topological polar surface area (TPSA) is 58.6 Å². The van der Waals surface area contributed by atoms with E-state index in [1.165, 1.54) is 11.3 Å². The molecule has 1 N–H and O–H groups in total. The van der Waals surface area contributed by atoms with Crippen LogP contribution in [0.5, 0.6) is 0 Å². The van der Waals surface area contributed by atoms with Crippen LogP contribution in [0.15, 0.2) is 24.3 Å². The van der Waals surface area contributed by atoms with Gasteiger partial charge in [0.25, 0.3) is 5.91 Å². The molecular weight excluding hydrogens is 336 g/mol. The largest absolute Gasteiger partial charge is 0.370 e. The molecule has 1 atom stereocenters. The van der Waals surface area contributed by atoms with Crippen LogP contribution in [0.25, 0.3) is 10.1 Å². The summed E-state index contributed by atoms with van der Waals surface area (Å²) in [5.41, 5.74) is 0.580. The van der Waals surface area contributed by atoms with Crippen molar-refractivity contribution in [1.82, 2.24) is 10.2 Å². The molecule has 5 nitrogen and oxygen atoms in total. The first-order valence-corrected chi connectivity index (χ1v) is 9.29. The maximum atomic E-state index is 12.9. The smallest absolute Gasteiger partial charge is 0.262 e. The zero-order valence-corrected chi connectivity index (χ0v) is 15.9. The maximum Gasteiger partial charge on any atom is 0.262 e. The zero-order chi connectivity index (χ0) is 18.2. The first-order chi connectivity index (χ1) is 11.8. The summed E-state index contributed by atoms with van der Waals surface area (Å²) in [6.07, 6.45) is -0.283. The molecule has 0 saturated carbocycles. The highest BCUT2D eigenvalue weighted by Crippen LogP contribution is 2.38. The van der Waals surface area contributed by atoms with E-state index in [0.29, 0.717) is 24.6 Å². The van der Waals surface area contributed by atoms with E-state index in [4.69, 9.17) is 4.74 Å². The molecule has 0 aliphatic carbocycles. The monoisotopic (exact) mass is 360 g/mol. The van der Waals surface area contributed by atoms with E-state index in [2.05, 4.69) is 5.32 Å². The normalized spacial score (nSPS) is 18.4. The summed E-state index contributed by atoms with van der Waals surface area (Å²) in [4.78, 5) is 27.1. The summed E-state index contributed by atoms with van der Waals surface area (Å²) in [6, 6.07) is 7.97. The van der Waals surface area contributed by atoms with Crippen LogP contribution in [0, 0.1) is 0 Å². The molecule has 0 bridgehead atoms. The van der Waals surface area contributed by atoms with Gasteiger partial charge in [-0.05, 0) is 32.2 Å². The number of hydrogen-bond donors (Lipinski definition) is 1. The summed E-state index contributed by atoms with van der Waals surface area (Å²) < 4.78 is 7.02. The predicted octanol–water partition coefficient (Wildman–Crippen LogP) is 3.35. The Bertz CT molecular complexity index is 807. The van der Waals surface area contributed by atoms with E-state index in [9.17, 15) is 9.59 Å². The van der Waals surface area contributed by atoms with Crippen molar-refractivity contribution in [3.05, 3.63) is 34.7 Å². The van der Waals surface area contributed by atoms with Crippen LogP contribution in [0.4, 0.5) is 0 Å². The van der Waals surface area contributed by atoms with E-state index >= 15 is 0 Å². The first-order valence-electron chi connectivity index (χ1n) is 8.47. The lowest BCUT2D eigenvalue weighted by Crippen LogP contribution is -2.43. The summed E-state index contributed by atoms with van der Waals surface area (Å²) in [6.45, 7) is 9.02. The van der Waals surface area contributed by atoms with E-state index in [-0.39, 0.29) is 23.5 Å². The van der Waals surface area contributed by atoms with Crippen molar-refractivity contribution in [3.63, 3.8) is 0 Å². The highest BCUT2D eigenvalue weighted by molar-refractivity contribution is 7.21. The number of rotatable bonds is 2. The van der Waals surface area contributed by atoms with Gasteiger partial charge in [-0.1, -0.05) is 18.2 Å². The molecule has 1 aromatic heterocycles. The Balaban J connectivity index is 2.04. The molecule has 0 spiro atoms. The molecule has 1 aliphatic heterocycles. The maximum absolute atomic E-state index is 12.9. The Hall–Kier alpha value is -1.92. The number of nitrogens with one attached hydrogen (secondary N) is 1. The van der Waals surface area contributed by atoms with Crippen LogP contribution in [0.3, 0.4) is 0 Å². The van der Waals surface area contributed by atoms with Gasteiger partial charge in [-0.15, -0.1) is 11.3 Å². The fourth-order valence-corrected chi connectivity index (χ4v) is 4.21. The second-order valence-corrected chi connectivity index (χ2v) is 8.42. The fraction of sp³-hybridized carbons (Fsp3) is 0.474. The molecule has 3 rings (SSSR count). The van der Waals surface area contributed by atoms with E-state index in [0.717, 1.165) is 15.6 Å². The minimum atomic E-state index is -0.316.